The molecule has 0 spiro atoms. The number of piperidine rings is 1. The summed E-state index contributed by atoms with van der Waals surface area (Å²) in [5.74, 6) is 0.816. The van der Waals surface area contributed by atoms with Crippen molar-refractivity contribution in [3.63, 3.8) is 0 Å². The number of rotatable bonds is 4. The lowest BCUT2D eigenvalue weighted by Gasteiger charge is -2.32. The molecule has 1 saturated heterocycles. The van der Waals surface area contributed by atoms with Gasteiger partial charge in [0.2, 0.25) is 0 Å². The van der Waals surface area contributed by atoms with E-state index in [0.29, 0.717) is 53.9 Å². The van der Waals surface area contributed by atoms with E-state index in [-0.39, 0.29) is 17.5 Å². The van der Waals surface area contributed by atoms with Crippen LogP contribution in [0.15, 0.2) is 47.3 Å². The molecule has 0 bridgehead atoms. The molecule has 0 atom stereocenters. The quantitative estimate of drug-likeness (QED) is 0.675. The molecule has 1 amide bonds. The van der Waals surface area contributed by atoms with Gasteiger partial charge in [-0.05, 0) is 37.1 Å². The van der Waals surface area contributed by atoms with E-state index in [4.69, 9.17) is 9.47 Å². The minimum absolute atomic E-state index is 0.0942. The van der Waals surface area contributed by atoms with Crippen LogP contribution in [-0.2, 0) is 0 Å². The molecule has 0 saturated carbocycles. The van der Waals surface area contributed by atoms with Crippen LogP contribution in [0.25, 0.3) is 10.9 Å². The summed E-state index contributed by atoms with van der Waals surface area (Å²) in [6, 6.07) is 12.4. The van der Waals surface area contributed by atoms with E-state index in [2.05, 4.69) is 10.3 Å². The summed E-state index contributed by atoms with van der Waals surface area (Å²) in [6.45, 7) is 1.01. The summed E-state index contributed by atoms with van der Waals surface area (Å²) >= 11 is 0. The van der Waals surface area contributed by atoms with Crippen molar-refractivity contribution >= 4 is 16.8 Å². The van der Waals surface area contributed by atoms with Crippen molar-refractivity contribution in [2.24, 2.45) is 0 Å². The lowest BCUT2D eigenvalue weighted by Crippen LogP contribution is -2.41. The molecule has 0 unspecified atom stereocenters. The van der Waals surface area contributed by atoms with Crippen LogP contribution in [-0.4, -0.2) is 53.1 Å². The fourth-order valence-corrected chi connectivity index (χ4v) is 3.77. The Balaban J connectivity index is 1.54. The van der Waals surface area contributed by atoms with Crippen LogP contribution in [0.4, 0.5) is 0 Å². The molecule has 4 rings (SSSR count). The summed E-state index contributed by atoms with van der Waals surface area (Å²) in [4.78, 5) is 27.7. The minimum Gasteiger partial charge on any atom is -0.496 e. The Labute approximate surface area is 167 Å². The first-order valence-corrected chi connectivity index (χ1v) is 9.48. The van der Waals surface area contributed by atoms with E-state index in [0.717, 1.165) is 0 Å². The van der Waals surface area contributed by atoms with Crippen LogP contribution in [0, 0.1) is 0 Å². The van der Waals surface area contributed by atoms with Crippen molar-refractivity contribution in [3.05, 3.63) is 58.4 Å². The maximum absolute atomic E-state index is 13.1. The number of fused-ring (bicyclic) bond motifs is 1. The summed E-state index contributed by atoms with van der Waals surface area (Å²) in [5.41, 5.74) is 0.856. The molecule has 8 heteroatoms. The van der Waals surface area contributed by atoms with Crippen molar-refractivity contribution in [1.29, 1.82) is 0 Å². The minimum atomic E-state index is -0.147. The second-order valence-electron chi connectivity index (χ2n) is 6.92. The molecule has 1 aliphatic rings. The fraction of sp³-hybridized carbons (Fsp3) is 0.333. The largest absolute Gasteiger partial charge is 0.496 e. The Bertz CT molecular complexity index is 1080. The second kappa shape index (κ2) is 7.90. The third kappa shape index (κ3) is 3.41. The Morgan fingerprint density at radius 3 is 2.31 bits per heavy atom. The van der Waals surface area contributed by atoms with Crippen LogP contribution in [0.2, 0.25) is 0 Å². The van der Waals surface area contributed by atoms with Crippen LogP contribution < -0.4 is 15.0 Å². The van der Waals surface area contributed by atoms with Gasteiger partial charge in [-0.1, -0.05) is 23.4 Å². The van der Waals surface area contributed by atoms with Gasteiger partial charge >= 0.3 is 0 Å². The van der Waals surface area contributed by atoms with Gasteiger partial charge in [0.1, 0.15) is 22.6 Å². The monoisotopic (exact) mass is 394 g/mol. The van der Waals surface area contributed by atoms with Crippen molar-refractivity contribution in [3.8, 4) is 11.5 Å². The third-order valence-electron chi connectivity index (χ3n) is 5.33. The molecule has 3 aromatic rings. The Hall–Kier alpha value is -3.42. The van der Waals surface area contributed by atoms with Gasteiger partial charge in [-0.25, -0.2) is 4.68 Å². The summed E-state index contributed by atoms with van der Waals surface area (Å²) in [7, 11) is 3.06. The van der Waals surface area contributed by atoms with Crippen LogP contribution in [0.1, 0.15) is 29.2 Å². The Morgan fingerprint density at radius 1 is 1.00 bits per heavy atom. The highest BCUT2D eigenvalue weighted by molar-refractivity contribution is 5.99. The average molecular weight is 394 g/mol. The molecule has 2 aromatic carbocycles. The van der Waals surface area contributed by atoms with Crippen molar-refractivity contribution < 1.29 is 14.3 Å². The molecule has 2 heterocycles. The number of carbonyl (C=O) groups excluding carboxylic acids is 1. The number of amides is 1. The Morgan fingerprint density at radius 2 is 1.66 bits per heavy atom. The molecule has 0 N–H and O–H groups in total. The first-order valence-electron chi connectivity index (χ1n) is 9.48. The zero-order valence-corrected chi connectivity index (χ0v) is 16.4. The van der Waals surface area contributed by atoms with Gasteiger partial charge in [0, 0.05) is 13.1 Å². The first kappa shape index (κ1) is 18.9. The van der Waals surface area contributed by atoms with Gasteiger partial charge in [0.25, 0.3) is 11.5 Å². The normalized spacial score (nSPS) is 14.8. The lowest BCUT2D eigenvalue weighted by molar-refractivity contribution is 0.0680. The van der Waals surface area contributed by atoms with E-state index >= 15 is 0 Å². The number of benzene rings is 2. The number of hydrogen-bond acceptors (Lipinski definition) is 6. The maximum atomic E-state index is 13.1. The van der Waals surface area contributed by atoms with E-state index in [1.54, 1.807) is 35.2 Å². The number of methoxy groups -OCH3 is 2. The van der Waals surface area contributed by atoms with E-state index in [1.807, 2.05) is 12.1 Å². The number of hydrogen-bond donors (Lipinski definition) is 0. The molecular formula is C21H22N4O4. The van der Waals surface area contributed by atoms with Crippen LogP contribution in [0.3, 0.4) is 0 Å². The van der Waals surface area contributed by atoms with Gasteiger partial charge in [-0.15, -0.1) is 5.10 Å². The van der Waals surface area contributed by atoms with E-state index in [1.165, 1.54) is 18.9 Å². The third-order valence-corrected chi connectivity index (χ3v) is 5.33. The zero-order chi connectivity index (χ0) is 20.4. The van der Waals surface area contributed by atoms with Gasteiger partial charge in [-0.2, -0.15) is 0 Å². The van der Waals surface area contributed by atoms with Crippen molar-refractivity contribution in [2.75, 3.05) is 27.3 Å². The second-order valence-corrected chi connectivity index (χ2v) is 6.92. The molecule has 1 aromatic heterocycles. The fourth-order valence-electron chi connectivity index (χ4n) is 3.77. The smallest absolute Gasteiger partial charge is 0.277 e. The SMILES string of the molecule is COc1cccc(OC)c1C(=O)N1CCC(n2nnc3ccccc3c2=O)CC1. The number of nitrogens with zero attached hydrogens (tertiary/aromatic N) is 4. The van der Waals surface area contributed by atoms with Gasteiger partial charge < -0.3 is 14.4 Å². The van der Waals surface area contributed by atoms with E-state index in [9.17, 15) is 9.59 Å². The molecule has 1 aliphatic heterocycles. The highest BCUT2D eigenvalue weighted by Crippen LogP contribution is 2.31. The highest BCUT2D eigenvalue weighted by atomic mass is 16.5. The van der Waals surface area contributed by atoms with Crippen molar-refractivity contribution in [2.45, 2.75) is 18.9 Å². The standard InChI is InChI=1S/C21H22N4O4/c1-28-17-8-5-9-18(29-2)19(17)21(27)24-12-10-14(11-13-24)25-20(26)15-6-3-4-7-16(15)22-23-25/h3-9,14H,10-13H2,1-2H3. The molecule has 150 valence electrons. The molecule has 29 heavy (non-hydrogen) atoms. The number of aromatic nitrogens is 3. The Kier molecular flexibility index (Phi) is 5.16. The van der Waals surface area contributed by atoms with Gasteiger partial charge in [-0.3, -0.25) is 9.59 Å². The number of ether oxygens (including phenoxy) is 2. The van der Waals surface area contributed by atoms with Crippen LogP contribution >= 0.6 is 0 Å². The summed E-state index contributed by atoms with van der Waals surface area (Å²) in [5, 5.41) is 8.84. The van der Waals surface area contributed by atoms with Crippen molar-refractivity contribution in [1.82, 2.24) is 19.9 Å². The van der Waals surface area contributed by atoms with Crippen LogP contribution in [0.5, 0.6) is 11.5 Å². The van der Waals surface area contributed by atoms with Gasteiger partial charge in [0.05, 0.1) is 25.6 Å². The summed E-state index contributed by atoms with van der Waals surface area (Å²) in [6.07, 6.45) is 1.24. The molecule has 8 nitrogen and oxygen atoms in total. The molecule has 0 aliphatic carbocycles. The number of carbonyl (C=O) groups is 1. The predicted molar refractivity (Wildman–Crippen MR) is 108 cm³/mol. The first-order chi connectivity index (χ1) is 14.1. The van der Waals surface area contributed by atoms with Gasteiger partial charge in [0.15, 0.2) is 0 Å². The average Bonchev–Trinajstić information content (AvgIpc) is 2.78. The lowest BCUT2D eigenvalue weighted by atomic mass is 10.0. The predicted octanol–water partition coefficient (Wildman–Crippen LogP) is 2.29. The topological polar surface area (TPSA) is 86.6 Å². The number of likely N-dealkylation sites (tertiary alicyclic amines) is 1. The maximum Gasteiger partial charge on any atom is 0.277 e. The summed E-state index contributed by atoms with van der Waals surface area (Å²) < 4.78 is 12.2. The molecule has 0 radical (unpaired) electrons. The zero-order valence-electron chi connectivity index (χ0n) is 16.4. The molecular weight excluding hydrogens is 372 g/mol. The highest BCUT2D eigenvalue weighted by Gasteiger charge is 2.29. The molecule has 1 fully saturated rings. The van der Waals surface area contributed by atoms with E-state index < -0.39 is 0 Å².